The number of hydrogen-bond acceptors (Lipinski definition) is 6. The van der Waals surface area contributed by atoms with E-state index < -0.39 is 0 Å². The van der Waals surface area contributed by atoms with Gasteiger partial charge in [0.15, 0.2) is 5.96 Å². The number of amides is 1. The quantitative estimate of drug-likeness (QED) is 0.396. The zero-order valence-electron chi connectivity index (χ0n) is 17.3. The van der Waals surface area contributed by atoms with E-state index in [9.17, 15) is 9.59 Å². The van der Waals surface area contributed by atoms with E-state index in [1.165, 1.54) is 16.2 Å². The van der Waals surface area contributed by atoms with Crippen molar-refractivity contribution in [1.82, 2.24) is 20.5 Å². The third-order valence-electron chi connectivity index (χ3n) is 3.55. The number of nitrogens with zero attached hydrogens (tertiary/aromatic N) is 3. The van der Waals surface area contributed by atoms with E-state index in [4.69, 9.17) is 4.74 Å². The molecule has 0 saturated carbocycles. The van der Waals surface area contributed by atoms with Gasteiger partial charge in [-0.2, -0.15) is 0 Å². The number of ether oxygens (including phenoxy) is 1. The van der Waals surface area contributed by atoms with Crippen LogP contribution in [-0.2, 0) is 9.53 Å². The van der Waals surface area contributed by atoms with Crippen LogP contribution in [0.5, 0.6) is 0 Å². The van der Waals surface area contributed by atoms with E-state index in [0.717, 1.165) is 11.6 Å². The highest BCUT2D eigenvalue weighted by atomic mass is 32.1. The third kappa shape index (κ3) is 7.54. The van der Waals surface area contributed by atoms with Crippen LogP contribution in [0.4, 0.5) is 0 Å². The number of nitrogens with one attached hydrogen (secondary N) is 2. The van der Waals surface area contributed by atoms with Gasteiger partial charge in [-0.15, -0.1) is 11.3 Å². The number of carbonyl (C=O) groups excluding carboxylic acids is 2. The largest absolute Gasteiger partial charge is 0.462 e. The zero-order chi connectivity index (χ0) is 20.6. The third-order valence-corrected chi connectivity index (χ3v) is 4.87. The molecule has 9 heteroatoms. The number of aliphatic imine (C=N–C) groups is 1. The Labute approximate surface area is 165 Å². The summed E-state index contributed by atoms with van der Waals surface area (Å²) in [5.74, 6) is 0.531. The van der Waals surface area contributed by atoms with Gasteiger partial charge in [0.25, 0.3) is 0 Å². The van der Waals surface area contributed by atoms with E-state index in [-0.39, 0.29) is 24.5 Å². The fraction of sp³-hybridized carbons (Fsp3) is 0.667. The molecule has 1 heterocycles. The molecule has 0 saturated heterocycles. The molecule has 0 aliphatic rings. The number of likely N-dealkylation sites (N-methyl/N-ethyl adjacent to an activating group) is 1. The van der Waals surface area contributed by atoms with Crippen LogP contribution in [0.15, 0.2) is 4.99 Å². The van der Waals surface area contributed by atoms with Gasteiger partial charge in [0.05, 0.1) is 18.3 Å². The number of guanidine groups is 1. The lowest BCUT2D eigenvalue weighted by Crippen LogP contribution is -2.41. The first-order valence-electron chi connectivity index (χ1n) is 9.05. The first-order chi connectivity index (χ1) is 12.6. The molecule has 0 bridgehead atoms. The van der Waals surface area contributed by atoms with Gasteiger partial charge in [-0.05, 0) is 26.7 Å². The van der Waals surface area contributed by atoms with Crippen LogP contribution >= 0.6 is 11.3 Å². The molecule has 0 aromatic carbocycles. The molecule has 1 atom stereocenters. The normalized spacial score (nSPS) is 12.7. The SMILES string of the molecule is CCOC(=O)c1sc(C(C)NC(=NCC(=O)N(C)C)NCC(C)C)nc1C. The van der Waals surface area contributed by atoms with E-state index in [2.05, 4.69) is 34.5 Å². The summed E-state index contributed by atoms with van der Waals surface area (Å²) < 4.78 is 5.07. The maximum Gasteiger partial charge on any atom is 0.350 e. The van der Waals surface area contributed by atoms with Crippen molar-refractivity contribution in [2.75, 3.05) is 33.8 Å². The Morgan fingerprint density at radius 1 is 1.30 bits per heavy atom. The van der Waals surface area contributed by atoms with Crippen LogP contribution in [0, 0.1) is 12.8 Å². The number of aromatic nitrogens is 1. The number of esters is 1. The van der Waals surface area contributed by atoms with Gasteiger partial charge in [-0.25, -0.2) is 14.8 Å². The minimum absolute atomic E-state index is 0.0537. The smallest absolute Gasteiger partial charge is 0.350 e. The van der Waals surface area contributed by atoms with Gasteiger partial charge < -0.3 is 20.3 Å². The average Bonchev–Trinajstić information content (AvgIpc) is 2.98. The second-order valence-electron chi connectivity index (χ2n) is 6.78. The minimum atomic E-state index is -0.352. The fourth-order valence-electron chi connectivity index (χ4n) is 2.00. The second kappa shape index (κ2) is 10.9. The molecule has 0 spiro atoms. The predicted octanol–water partition coefficient (Wildman–Crippen LogP) is 1.97. The Hall–Kier alpha value is -2.16. The van der Waals surface area contributed by atoms with Crippen molar-refractivity contribution in [1.29, 1.82) is 0 Å². The molecule has 0 aliphatic carbocycles. The summed E-state index contributed by atoms with van der Waals surface area (Å²) in [6, 6.07) is -0.176. The summed E-state index contributed by atoms with van der Waals surface area (Å²) in [4.78, 5) is 34.7. The monoisotopic (exact) mass is 397 g/mol. The molecule has 0 aliphatic heterocycles. The minimum Gasteiger partial charge on any atom is -0.462 e. The van der Waals surface area contributed by atoms with Gasteiger partial charge in [0.2, 0.25) is 5.91 Å². The Morgan fingerprint density at radius 3 is 2.52 bits per heavy atom. The molecule has 1 amide bonds. The van der Waals surface area contributed by atoms with Crippen molar-refractivity contribution in [2.45, 2.75) is 40.7 Å². The molecule has 1 aromatic heterocycles. The Morgan fingerprint density at radius 2 is 1.96 bits per heavy atom. The summed E-state index contributed by atoms with van der Waals surface area (Å²) >= 11 is 1.31. The molecule has 27 heavy (non-hydrogen) atoms. The van der Waals surface area contributed by atoms with Crippen LogP contribution in [0.2, 0.25) is 0 Å². The average molecular weight is 398 g/mol. The highest BCUT2D eigenvalue weighted by molar-refractivity contribution is 7.13. The number of rotatable bonds is 8. The molecular formula is C18H31N5O3S. The number of aryl methyl sites for hydroxylation is 1. The Kier molecular flexibility index (Phi) is 9.20. The van der Waals surface area contributed by atoms with Gasteiger partial charge in [0, 0.05) is 20.6 Å². The zero-order valence-corrected chi connectivity index (χ0v) is 18.1. The van der Waals surface area contributed by atoms with Crippen LogP contribution < -0.4 is 10.6 Å². The van der Waals surface area contributed by atoms with Gasteiger partial charge in [-0.3, -0.25) is 4.79 Å². The second-order valence-corrected chi connectivity index (χ2v) is 7.81. The van der Waals surface area contributed by atoms with Crippen molar-refractivity contribution < 1.29 is 14.3 Å². The van der Waals surface area contributed by atoms with Gasteiger partial charge >= 0.3 is 5.97 Å². The molecule has 1 unspecified atom stereocenters. The van der Waals surface area contributed by atoms with Crippen molar-refractivity contribution in [2.24, 2.45) is 10.9 Å². The molecule has 0 radical (unpaired) electrons. The summed E-state index contributed by atoms with van der Waals surface area (Å²) in [7, 11) is 3.40. The van der Waals surface area contributed by atoms with Crippen LogP contribution in [-0.4, -0.2) is 61.5 Å². The first-order valence-corrected chi connectivity index (χ1v) is 9.86. The van der Waals surface area contributed by atoms with E-state index >= 15 is 0 Å². The number of hydrogen-bond donors (Lipinski definition) is 2. The van der Waals surface area contributed by atoms with E-state index in [0.29, 0.717) is 29.1 Å². The highest BCUT2D eigenvalue weighted by Gasteiger charge is 2.20. The number of thiazole rings is 1. The lowest BCUT2D eigenvalue weighted by Gasteiger charge is -2.18. The molecule has 8 nitrogen and oxygen atoms in total. The summed E-state index contributed by atoms with van der Waals surface area (Å²) in [6.45, 7) is 10.8. The lowest BCUT2D eigenvalue weighted by atomic mass is 10.2. The lowest BCUT2D eigenvalue weighted by molar-refractivity contribution is -0.127. The van der Waals surface area contributed by atoms with Crippen molar-refractivity contribution >= 4 is 29.2 Å². The molecule has 152 valence electrons. The summed E-state index contributed by atoms with van der Waals surface area (Å²) in [5, 5.41) is 7.25. The van der Waals surface area contributed by atoms with Gasteiger partial charge in [0.1, 0.15) is 16.4 Å². The molecule has 0 fully saturated rings. The topological polar surface area (TPSA) is 95.9 Å². The standard InChI is InChI=1S/C18H31N5O3S/c1-8-26-17(25)15-12(4)21-16(27-15)13(5)22-18(19-9-11(2)3)20-10-14(24)23(6)7/h11,13H,8-10H2,1-7H3,(H2,19,20,22). The molecule has 2 N–H and O–H groups in total. The van der Waals surface area contributed by atoms with Crippen molar-refractivity contribution in [3.63, 3.8) is 0 Å². The van der Waals surface area contributed by atoms with Crippen molar-refractivity contribution in [3.05, 3.63) is 15.6 Å². The van der Waals surface area contributed by atoms with E-state index in [1.807, 2.05) is 6.92 Å². The number of carbonyl (C=O) groups is 2. The first kappa shape index (κ1) is 22.9. The molecular weight excluding hydrogens is 366 g/mol. The van der Waals surface area contributed by atoms with Crippen LogP contribution in [0.1, 0.15) is 54.1 Å². The predicted molar refractivity (Wildman–Crippen MR) is 108 cm³/mol. The van der Waals surface area contributed by atoms with Crippen molar-refractivity contribution in [3.8, 4) is 0 Å². The maximum absolute atomic E-state index is 12.0. The summed E-state index contributed by atoms with van der Waals surface area (Å²) in [6.07, 6.45) is 0. The van der Waals surface area contributed by atoms with E-state index in [1.54, 1.807) is 27.9 Å². The summed E-state index contributed by atoms with van der Waals surface area (Å²) in [5.41, 5.74) is 0.651. The van der Waals surface area contributed by atoms with Crippen LogP contribution in [0.25, 0.3) is 0 Å². The molecule has 1 aromatic rings. The molecule has 1 rings (SSSR count). The maximum atomic E-state index is 12.0. The fourth-order valence-corrected chi connectivity index (χ4v) is 2.96. The Balaban J connectivity index is 2.90. The van der Waals surface area contributed by atoms with Gasteiger partial charge in [-0.1, -0.05) is 13.8 Å². The highest BCUT2D eigenvalue weighted by Crippen LogP contribution is 2.24. The van der Waals surface area contributed by atoms with Crippen LogP contribution in [0.3, 0.4) is 0 Å². The Bertz CT molecular complexity index is 670.